The molecule has 0 aliphatic carbocycles. The van der Waals surface area contributed by atoms with Crippen molar-refractivity contribution in [3.05, 3.63) is 35.9 Å². The molecule has 1 rings (SSSR count). The van der Waals surface area contributed by atoms with Crippen molar-refractivity contribution in [1.82, 2.24) is 0 Å². The number of aliphatic hydroxyl groups is 1. The van der Waals surface area contributed by atoms with Crippen molar-refractivity contribution in [2.24, 2.45) is 0 Å². The van der Waals surface area contributed by atoms with Gasteiger partial charge in [0.25, 0.3) is 0 Å². The molecule has 0 aliphatic rings. The van der Waals surface area contributed by atoms with Gasteiger partial charge in [0, 0.05) is 0 Å². The number of benzene rings is 1. The normalized spacial score (nSPS) is 12.5. The van der Waals surface area contributed by atoms with Crippen molar-refractivity contribution < 1.29 is 15.0 Å². The average Bonchev–Trinajstić information content (AvgIpc) is 2.05. The average molecular weight is 151 g/mol. The molecule has 0 bridgehead atoms. The first-order chi connectivity index (χ1) is 5.22. The number of carbonyl (C=O) groups is 1. The number of carboxylic acids is 1. The van der Waals surface area contributed by atoms with Crippen LogP contribution in [-0.2, 0) is 4.79 Å². The molecular weight excluding hydrogens is 144 g/mol. The Hall–Kier alpha value is -1.35. The Morgan fingerprint density at radius 3 is 2.45 bits per heavy atom. The van der Waals surface area contributed by atoms with E-state index in [-0.39, 0.29) is 0 Å². The van der Waals surface area contributed by atoms with Gasteiger partial charge >= 0.3 is 5.97 Å². The third-order valence-electron chi connectivity index (χ3n) is 1.29. The van der Waals surface area contributed by atoms with E-state index in [1.165, 1.54) is 12.1 Å². The summed E-state index contributed by atoms with van der Waals surface area (Å²) in [5, 5.41) is 17.4. The second-order valence-electron chi connectivity index (χ2n) is 2.07. The molecule has 1 unspecified atom stereocenters. The van der Waals surface area contributed by atoms with Crippen LogP contribution in [0.4, 0.5) is 0 Å². The molecule has 0 spiro atoms. The lowest BCUT2D eigenvalue weighted by Crippen LogP contribution is -2.09. The zero-order valence-electron chi connectivity index (χ0n) is 5.69. The summed E-state index contributed by atoms with van der Waals surface area (Å²) < 4.78 is 0. The van der Waals surface area contributed by atoms with Gasteiger partial charge in [0.05, 0.1) is 0 Å². The number of rotatable bonds is 2. The van der Waals surface area contributed by atoms with Gasteiger partial charge < -0.3 is 10.2 Å². The van der Waals surface area contributed by atoms with Gasteiger partial charge in [-0.25, -0.2) is 4.79 Å². The topological polar surface area (TPSA) is 57.5 Å². The lowest BCUT2D eigenvalue weighted by Gasteiger charge is -2.03. The van der Waals surface area contributed by atoms with Crippen molar-refractivity contribution in [3.63, 3.8) is 0 Å². The highest BCUT2D eigenvalue weighted by Gasteiger charge is 2.14. The molecule has 0 saturated carbocycles. The minimum atomic E-state index is -1.43. The molecule has 0 amide bonds. The van der Waals surface area contributed by atoms with Gasteiger partial charge in [-0.3, -0.25) is 0 Å². The van der Waals surface area contributed by atoms with Crippen molar-refractivity contribution >= 4 is 5.97 Å². The van der Waals surface area contributed by atoms with Crippen LogP contribution in [0.15, 0.2) is 24.3 Å². The van der Waals surface area contributed by atoms with E-state index in [1.807, 2.05) is 0 Å². The summed E-state index contributed by atoms with van der Waals surface area (Å²) in [6.07, 6.45) is -1.43. The Morgan fingerprint density at radius 2 is 2.00 bits per heavy atom. The highest BCUT2D eigenvalue weighted by atomic mass is 16.4. The third kappa shape index (κ3) is 1.78. The molecule has 2 N–H and O–H groups in total. The van der Waals surface area contributed by atoms with E-state index < -0.39 is 12.1 Å². The molecule has 3 heteroatoms. The van der Waals surface area contributed by atoms with Gasteiger partial charge in [0.1, 0.15) is 0 Å². The van der Waals surface area contributed by atoms with Gasteiger partial charge in [-0.2, -0.15) is 0 Å². The lowest BCUT2D eigenvalue weighted by atomic mass is 10.1. The van der Waals surface area contributed by atoms with E-state index in [9.17, 15) is 4.79 Å². The monoisotopic (exact) mass is 151 g/mol. The Kier molecular flexibility index (Phi) is 2.23. The molecule has 1 radical (unpaired) electrons. The molecule has 3 nitrogen and oxygen atoms in total. The number of hydrogen-bond acceptors (Lipinski definition) is 2. The number of aliphatic hydroxyl groups excluding tert-OH is 1. The van der Waals surface area contributed by atoms with Crippen LogP contribution >= 0.6 is 0 Å². The summed E-state index contributed by atoms with van der Waals surface area (Å²) in [4.78, 5) is 10.2. The van der Waals surface area contributed by atoms with E-state index in [4.69, 9.17) is 10.2 Å². The van der Waals surface area contributed by atoms with Gasteiger partial charge in [-0.1, -0.05) is 24.3 Å². The van der Waals surface area contributed by atoms with Crippen molar-refractivity contribution in [2.45, 2.75) is 6.10 Å². The van der Waals surface area contributed by atoms with E-state index >= 15 is 0 Å². The molecule has 1 aromatic rings. The summed E-state index contributed by atoms with van der Waals surface area (Å²) in [7, 11) is 0. The summed E-state index contributed by atoms with van der Waals surface area (Å²) >= 11 is 0. The highest BCUT2D eigenvalue weighted by molar-refractivity contribution is 5.73. The SMILES string of the molecule is O=C(O)C(O)c1cc[c]cc1. The maximum atomic E-state index is 10.2. The van der Waals surface area contributed by atoms with Crippen LogP contribution in [0.5, 0.6) is 0 Å². The minimum Gasteiger partial charge on any atom is -0.479 e. The van der Waals surface area contributed by atoms with Gasteiger partial charge in [-0.05, 0) is 11.6 Å². The Bertz CT molecular complexity index is 243. The van der Waals surface area contributed by atoms with Crippen molar-refractivity contribution in [3.8, 4) is 0 Å². The van der Waals surface area contributed by atoms with E-state index in [0.717, 1.165) is 0 Å². The lowest BCUT2D eigenvalue weighted by molar-refractivity contribution is -0.146. The van der Waals surface area contributed by atoms with Crippen LogP contribution in [0.3, 0.4) is 0 Å². The van der Waals surface area contributed by atoms with Crippen molar-refractivity contribution in [2.75, 3.05) is 0 Å². The molecule has 0 aliphatic heterocycles. The molecule has 0 aromatic heterocycles. The number of aliphatic carboxylic acids is 1. The maximum Gasteiger partial charge on any atom is 0.337 e. The fourth-order valence-corrected chi connectivity index (χ4v) is 0.725. The van der Waals surface area contributed by atoms with Crippen LogP contribution in [0.25, 0.3) is 0 Å². The van der Waals surface area contributed by atoms with Crippen molar-refractivity contribution in [1.29, 1.82) is 0 Å². The van der Waals surface area contributed by atoms with E-state index in [2.05, 4.69) is 6.07 Å². The Balaban J connectivity index is 2.85. The van der Waals surface area contributed by atoms with E-state index in [0.29, 0.717) is 5.56 Å². The molecule has 0 fully saturated rings. The molecule has 0 saturated heterocycles. The quantitative estimate of drug-likeness (QED) is 0.650. The van der Waals surface area contributed by atoms with Crippen LogP contribution < -0.4 is 0 Å². The first-order valence-electron chi connectivity index (χ1n) is 3.08. The minimum absolute atomic E-state index is 0.372. The standard InChI is InChI=1S/C8H7O3/c9-7(8(10)11)6-4-2-1-3-5-6/h2-5,7,9H,(H,10,11). The molecule has 11 heavy (non-hydrogen) atoms. The second kappa shape index (κ2) is 3.16. The van der Waals surface area contributed by atoms with Gasteiger partial charge in [-0.15, -0.1) is 0 Å². The third-order valence-corrected chi connectivity index (χ3v) is 1.29. The van der Waals surface area contributed by atoms with Crippen LogP contribution in [0, 0.1) is 6.07 Å². The summed E-state index contributed by atoms with van der Waals surface area (Å²) in [6, 6.07) is 8.86. The van der Waals surface area contributed by atoms with Gasteiger partial charge in [0.2, 0.25) is 0 Å². The zero-order chi connectivity index (χ0) is 8.27. The smallest absolute Gasteiger partial charge is 0.337 e. The first-order valence-corrected chi connectivity index (χ1v) is 3.08. The second-order valence-corrected chi connectivity index (χ2v) is 2.07. The largest absolute Gasteiger partial charge is 0.479 e. The molecular formula is C8H7O3. The van der Waals surface area contributed by atoms with Gasteiger partial charge in [0.15, 0.2) is 6.10 Å². The maximum absolute atomic E-state index is 10.2. The molecule has 57 valence electrons. The summed E-state index contributed by atoms with van der Waals surface area (Å²) in [5.41, 5.74) is 0.372. The molecule has 1 atom stereocenters. The number of carboxylic acid groups (broad SMARTS) is 1. The van der Waals surface area contributed by atoms with E-state index in [1.54, 1.807) is 12.1 Å². The fourth-order valence-electron chi connectivity index (χ4n) is 0.725. The van der Waals surface area contributed by atoms with Crippen LogP contribution in [0.1, 0.15) is 11.7 Å². The first kappa shape index (κ1) is 7.75. The summed E-state index contributed by atoms with van der Waals surface area (Å²) in [6.45, 7) is 0. The molecule has 1 aromatic carbocycles. The summed E-state index contributed by atoms with van der Waals surface area (Å²) in [5.74, 6) is -1.24. The fraction of sp³-hybridized carbons (Fsp3) is 0.125. The zero-order valence-corrected chi connectivity index (χ0v) is 5.69. The Morgan fingerprint density at radius 1 is 1.45 bits per heavy atom. The number of hydrogen-bond donors (Lipinski definition) is 2. The predicted octanol–water partition coefficient (Wildman–Crippen LogP) is 0.605. The highest BCUT2D eigenvalue weighted by Crippen LogP contribution is 2.10. The van der Waals surface area contributed by atoms with Crippen LogP contribution in [0.2, 0.25) is 0 Å². The Labute approximate surface area is 63.9 Å². The molecule has 0 heterocycles. The predicted molar refractivity (Wildman–Crippen MR) is 37.9 cm³/mol. The van der Waals surface area contributed by atoms with Crippen LogP contribution in [-0.4, -0.2) is 16.2 Å².